The molecule has 0 bridgehead atoms. The van der Waals surface area contributed by atoms with Gasteiger partial charge >= 0.3 is 0 Å². The second kappa shape index (κ2) is 5.15. The molecule has 1 unspecified atom stereocenters. The molecule has 1 atom stereocenters. The Labute approximate surface area is 111 Å². The smallest absolute Gasteiger partial charge is 0.267 e. The van der Waals surface area contributed by atoms with Gasteiger partial charge in [-0.2, -0.15) is 8.42 Å². The fourth-order valence-electron chi connectivity index (χ4n) is 1.47. The van der Waals surface area contributed by atoms with Crippen molar-refractivity contribution < 1.29 is 12.6 Å². The third-order valence-corrected chi connectivity index (χ3v) is 7.06. The van der Waals surface area contributed by atoms with E-state index in [1.54, 1.807) is 12.1 Å². The average molecular weight is 286 g/mol. The van der Waals surface area contributed by atoms with E-state index in [4.69, 9.17) is 4.18 Å². The molecule has 0 aromatic heterocycles. The maximum atomic E-state index is 12.2. The highest BCUT2D eigenvalue weighted by Gasteiger charge is 2.29. The van der Waals surface area contributed by atoms with E-state index < -0.39 is 18.2 Å². The molecule has 0 aliphatic heterocycles. The topological polar surface area (TPSA) is 43.4 Å². The van der Waals surface area contributed by atoms with E-state index in [-0.39, 0.29) is 10.6 Å². The van der Waals surface area contributed by atoms with Crippen LogP contribution in [0, 0.1) is 13.8 Å². The summed E-state index contributed by atoms with van der Waals surface area (Å²) < 4.78 is 29.7. The first-order valence-corrected chi connectivity index (χ1v) is 11.0. The zero-order valence-electron chi connectivity index (χ0n) is 11.9. The summed E-state index contributed by atoms with van der Waals surface area (Å²) in [6.07, 6.45) is 0. The second-order valence-corrected chi connectivity index (χ2v) is 13.0. The Hall–Kier alpha value is -0.653. The van der Waals surface area contributed by atoms with E-state index in [9.17, 15) is 8.42 Å². The fraction of sp³-hybridized carbons (Fsp3) is 0.538. The first-order valence-electron chi connectivity index (χ1n) is 6.04. The molecule has 5 heteroatoms. The Morgan fingerprint density at radius 2 is 1.50 bits per heavy atom. The third kappa shape index (κ3) is 3.93. The minimum atomic E-state index is -3.65. The Bertz CT molecular complexity index is 509. The molecule has 0 N–H and O–H groups in total. The highest BCUT2D eigenvalue weighted by atomic mass is 32.2. The molecule has 1 rings (SSSR count). The van der Waals surface area contributed by atoms with Crippen LogP contribution < -0.4 is 0 Å². The molecule has 102 valence electrons. The number of rotatable bonds is 4. The van der Waals surface area contributed by atoms with Crippen molar-refractivity contribution >= 4 is 18.2 Å². The van der Waals surface area contributed by atoms with Crippen LogP contribution in [0.15, 0.2) is 23.1 Å². The normalized spacial score (nSPS) is 14.6. The second-order valence-electron chi connectivity index (χ2n) is 5.88. The Balaban J connectivity index is 3.07. The molecule has 0 saturated heterocycles. The molecular weight excluding hydrogens is 264 g/mol. The highest BCUT2D eigenvalue weighted by Crippen LogP contribution is 2.21. The lowest BCUT2D eigenvalue weighted by Gasteiger charge is -2.24. The van der Waals surface area contributed by atoms with Crippen LogP contribution in [0.25, 0.3) is 0 Å². The van der Waals surface area contributed by atoms with Crippen LogP contribution in [0.4, 0.5) is 0 Å². The zero-order chi connectivity index (χ0) is 14.1. The molecule has 0 spiro atoms. The average Bonchev–Trinajstić information content (AvgIpc) is 2.13. The van der Waals surface area contributed by atoms with E-state index in [0.717, 1.165) is 11.1 Å². The van der Waals surface area contributed by atoms with Crippen LogP contribution in [0.2, 0.25) is 19.6 Å². The van der Waals surface area contributed by atoms with Crippen molar-refractivity contribution in [3.63, 3.8) is 0 Å². The third-order valence-electron chi connectivity index (χ3n) is 2.97. The molecule has 0 heterocycles. The zero-order valence-corrected chi connectivity index (χ0v) is 13.8. The molecule has 0 saturated carbocycles. The van der Waals surface area contributed by atoms with E-state index in [0.29, 0.717) is 0 Å². The number of benzene rings is 1. The van der Waals surface area contributed by atoms with E-state index in [1.807, 2.05) is 26.8 Å². The number of hydrogen-bond acceptors (Lipinski definition) is 3. The van der Waals surface area contributed by atoms with Gasteiger partial charge in [-0.1, -0.05) is 25.7 Å². The van der Waals surface area contributed by atoms with Crippen LogP contribution in [-0.4, -0.2) is 22.2 Å². The standard InChI is InChI=1S/C13H22O3SSi/c1-10-7-11(2)9-13(8-10)17(14,15)16-12(3)18(4,5)6/h7-9,12H,1-6H3. The molecule has 3 nitrogen and oxygen atoms in total. The van der Waals surface area contributed by atoms with Crippen LogP contribution in [-0.2, 0) is 14.3 Å². The van der Waals surface area contributed by atoms with Crippen molar-refractivity contribution in [2.45, 2.75) is 51.0 Å². The van der Waals surface area contributed by atoms with Crippen molar-refractivity contribution in [2.24, 2.45) is 0 Å². The minimum absolute atomic E-state index is 0.233. The van der Waals surface area contributed by atoms with Crippen LogP contribution in [0.1, 0.15) is 18.1 Å². The van der Waals surface area contributed by atoms with Gasteiger partial charge < -0.3 is 0 Å². The summed E-state index contributed by atoms with van der Waals surface area (Å²) >= 11 is 0. The van der Waals surface area contributed by atoms with Gasteiger partial charge in [0.1, 0.15) is 0 Å². The van der Waals surface area contributed by atoms with Gasteiger partial charge in [-0.15, -0.1) is 0 Å². The molecule has 0 amide bonds. The highest BCUT2D eigenvalue weighted by molar-refractivity contribution is 7.86. The van der Waals surface area contributed by atoms with Gasteiger partial charge in [-0.05, 0) is 44.0 Å². The fourth-order valence-corrected chi connectivity index (χ4v) is 4.15. The number of aryl methyl sites for hydroxylation is 2. The van der Waals surface area contributed by atoms with Crippen molar-refractivity contribution in [2.75, 3.05) is 0 Å². The van der Waals surface area contributed by atoms with Crippen molar-refractivity contribution in [1.29, 1.82) is 0 Å². The molecule has 0 fully saturated rings. The maximum absolute atomic E-state index is 12.2. The van der Waals surface area contributed by atoms with E-state index in [2.05, 4.69) is 19.6 Å². The van der Waals surface area contributed by atoms with Gasteiger partial charge in [0.15, 0.2) is 0 Å². The Morgan fingerprint density at radius 1 is 1.06 bits per heavy atom. The first kappa shape index (κ1) is 15.4. The van der Waals surface area contributed by atoms with Crippen LogP contribution in [0.3, 0.4) is 0 Å². The Kier molecular flexibility index (Phi) is 4.41. The molecule has 18 heavy (non-hydrogen) atoms. The maximum Gasteiger partial charge on any atom is 0.296 e. The molecule has 1 aromatic carbocycles. The van der Waals surface area contributed by atoms with Gasteiger partial charge in [0, 0.05) is 0 Å². The summed E-state index contributed by atoms with van der Waals surface area (Å²) in [5.41, 5.74) is 1.62. The Morgan fingerprint density at radius 3 is 1.89 bits per heavy atom. The largest absolute Gasteiger partial charge is 0.296 e. The van der Waals surface area contributed by atoms with Gasteiger partial charge in [-0.3, -0.25) is 4.18 Å². The molecular formula is C13H22O3SSi. The molecule has 0 radical (unpaired) electrons. The van der Waals surface area contributed by atoms with Gasteiger partial charge in [-0.25, -0.2) is 0 Å². The van der Waals surface area contributed by atoms with E-state index >= 15 is 0 Å². The summed E-state index contributed by atoms with van der Waals surface area (Å²) in [7, 11) is -5.28. The summed E-state index contributed by atoms with van der Waals surface area (Å²) in [5, 5.41) is 0. The monoisotopic (exact) mass is 286 g/mol. The summed E-state index contributed by atoms with van der Waals surface area (Å²) in [5.74, 6) is 0. The molecule has 0 aliphatic rings. The predicted molar refractivity (Wildman–Crippen MR) is 77.0 cm³/mol. The minimum Gasteiger partial charge on any atom is -0.267 e. The van der Waals surface area contributed by atoms with Gasteiger partial charge in [0.05, 0.1) is 18.7 Å². The SMILES string of the molecule is Cc1cc(C)cc(S(=O)(=O)OC(C)[Si](C)(C)C)c1. The van der Waals surface area contributed by atoms with Crippen LogP contribution in [0.5, 0.6) is 0 Å². The number of hydrogen-bond donors (Lipinski definition) is 0. The van der Waals surface area contributed by atoms with Gasteiger partial charge in [0.25, 0.3) is 10.1 Å². The van der Waals surface area contributed by atoms with Crippen LogP contribution >= 0.6 is 0 Å². The summed E-state index contributed by atoms with van der Waals surface area (Å²) in [4.78, 5) is 0.255. The summed E-state index contributed by atoms with van der Waals surface area (Å²) in [6.45, 7) is 11.9. The first-order chi connectivity index (χ1) is 8.02. The molecule has 0 aliphatic carbocycles. The van der Waals surface area contributed by atoms with Crippen molar-refractivity contribution in [3.8, 4) is 0 Å². The predicted octanol–water partition coefficient (Wildman–Crippen LogP) is 3.27. The summed E-state index contributed by atoms with van der Waals surface area (Å²) in [6, 6.07) is 5.25. The van der Waals surface area contributed by atoms with E-state index in [1.165, 1.54) is 0 Å². The lowest BCUT2D eigenvalue weighted by molar-refractivity contribution is 0.292. The van der Waals surface area contributed by atoms with Gasteiger partial charge in [0.2, 0.25) is 0 Å². The lowest BCUT2D eigenvalue weighted by Crippen LogP contribution is -2.39. The van der Waals surface area contributed by atoms with Crippen molar-refractivity contribution in [3.05, 3.63) is 29.3 Å². The molecule has 1 aromatic rings. The lowest BCUT2D eigenvalue weighted by atomic mass is 10.2. The van der Waals surface area contributed by atoms with Crippen molar-refractivity contribution in [1.82, 2.24) is 0 Å². The quantitative estimate of drug-likeness (QED) is 0.630.